The molecule has 1 fully saturated rings. The number of hydrogen-bond donors (Lipinski definition) is 3. The van der Waals surface area contributed by atoms with E-state index in [-0.39, 0.29) is 24.3 Å². The van der Waals surface area contributed by atoms with Gasteiger partial charge in [0.1, 0.15) is 5.82 Å². The number of likely N-dealkylation sites (tertiary alicyclic amines) is 1. The first kappa shape index (κ1) is 21.8. The Balaban J connectivity index is 1.81. The van der Waals surface area contributed by atoms with E-state index in [0.29, 0.717) is 16.5 Å². The molecule has 0 aromatic heterocycles. The van der Waals surface area contributed by atoms with Crippen LogP contribution in [0, 0.1) is 21.0 Å². The van der Waals surface area contributed by atoms with E-state index in [9.17, 15) is 23.1 Å². The maximum atomic E-state index is 14.5. The molecule has 0 spiro atoms. The number of aliphatic hydroxyl groups is 1. The first-order valence-electron chi connectivity index (χ1n) is 9.16. The number of nitrogens with one attached hydrogen (secondary N) is 1. The van der Waals surface area contributed by atoms with Crippen LogP contribution >= 0.6 is 22.6 Å². The smallest absolute Gasteiger partial charge is 0.256 e. The van der Waals surface area contributed by atoms with E-state index >= 15 is 0 Å². The molecule has 1 amide bonds. The molecule has 4 N–H and O–H groups in total. The summed E-state index contributed by atoms with van der Waals surface area (Å²) in [5.41, 5.74) is 3.80. The molecule has 1 saturated heterocycles. The highest BCUT2D eigenvalue weighted by Gasteiger charge is 2.43. The number of halogens is 4. The van der Waals surface area contributed by atoms with Gasteiger partial charge in [-0.05, 0) is 78.7 Å². The van der Waals surface area contributed by atoms with Crippen LogP contribution in [0.4, 0.5) is 24.5 Å². The number of β-amino-alcohol motifs (C(OH)–C–C–N with tert-alkyl or cyclic N) is 1. The molecule has 2 aromatic rings. The largest absolute Gasteiger partial charge is 0.386 e. The van der Waals surface area contributed by atoms with Gasteiger partial charge >= 0.3 is 0 Å². The second-order valence-electron chi connectivity index (χ2n) is 7.16. The van der Waals surface area contributed by atoms with Gasteiger partial charge in [0.25, 0.3) is 5.91 Å². The summed E-state index contributed by atoms with van der Waals surface area (Å²) >= 11 is 1.93. The molecule has 9 heteroatoms. The second kappa shape index (κ2) is 8.88. The Morgan fingerprint density at radius 2 is 1.90 bits per heavy atom. The lowest BCUT2D eigenvalue weighted by Gasteiger charge is -2.46. The van der Waals surface area contributed by atoms with Crippen molar-refractivity contribution in [1.29, 1.82) is 0 Å². The van der Waals surface area contributed by atoms with Gasteiger partial charge in [-0.3, -0.25) is 4.79 Å². The second-order valence-corrected chi connectivity index (χ2v) is 8.41. The number of nitrogens with two attached hydrogens (primary N) is 1. The van der Waals surface area contributed by atoms with E-state index in [0.717, 1.165) is 25.0 Å². The van der Waals surface area contributed by atoms with Crippen molar-refractivity contribution in [2.75, 3.05) is 25.0 Å². The molecule has 0 unspecified atom stereocenters. The van der Waals surface area contributed by atoms with Crippen LogP contribution in [0.25, 0.3) is 0 Å². The number of hydrogen-bond acceptors (Lipinski definition) is 4. The average molecular weight is 519 g/mol. The monoisotopic (exact) mass is 519 g/mol. The third-order valence-electron chi connectivity index (χ3n) is 4.87. The normalized spacial score (nSPS) is 15.2. The van der Waals surface area contributed by atoms with E-state index in [1.165, 1.54) is 17.0 Å². The van der Waals surface area contributed by atoms with Gasteiger partial charge < -0.3 is 21.1 Å². The first-order chi connectivity index (χ1) is 13.7. The van der Waals surface area contributed by atoms with Gasteiger partial charge in [0.2, 0.25) is 0 Å². The minimum Gasteiger partial charge on any atom is -0.386 e. The summed E-state index contributed by atoms with van der Waals surface area (Å²) in [6, 6.07) is 6.22. The minimum atomic E-state index is -1.27. The zero-order valence-electron chi connectivity index (χ0n) is 15.5. The summed E-state index contributed by atoms with van der Waals surface area (Å²) in [5.74, 6) is -3.65. The van der Waals surface area contributed by atoms with Crippen molar-refractivity contribution in [2.24, 2.45) is 5.73 Å². The Morgan fingerprint density at radius 3 is 2.55 bits per heavy atom. The van der Waals surface area contributed by atoms with Crippen LogP contribution in [-0.4, -0.2) is 41.1 Å². The molecule has 1 aliphatic rings. The van der Waals surface area contributed by atoms with E-state index in [4.69, 9.17) is 5.73 Å². The molecule has 0 atom stereocenters. The van der Waals surface area contributed by atoms with Crippen molar-refractivity contribution < 1.29 is 23.1 Å². The third kappa shape index (κ3) is 4.84. The van der Waals surface area contributed by atoms with Crippen LogP contribution in [0.1, 0.15) is 29.6 Å². The Kier molecular flexibility index (Phi) is 6.69. The van der Waals surface area contributed by atoms with Gasteiger partial charge in [0.15, 0.2) is 11.6 Å². The molecule has 29 heavy (non-hydrogen) atoms. The number of unbranched alkanes of at least 4 members (excludes halogenated alkanes) is 1. The molecule has 0 saturated carbocycles. The summed E-state index contributed by atoms with van der Waals surface area (Å²) in [6.07, 6.45) is 2.01. The number of anilines is 2. The summed E-state index contributed by atoms with van der Waals surface area (Å²) < 4.78 is 43.1. The van der Waals surface area contributed by atoms with Crippen LogP contribution in [-0.2, 0) is 0 Å². The minimum absolute atomic E-state index is 0.0779. The molecule has 156 valence electrons. The molecule has 1 aliphatic heterocycles. The fourth-order valence-electron chi connectivity index (χ4n) is 3.31. The van der Waals surface area contributed by atoms with Crippen molar-refractivity contribution in [3.05, 3.63) is 56.9 Å². The summed E-state index contributed by atoms with van der Waals surface area (Å²) in [7, 11) is 0. The number of benzene rings is 2. The maximum absolute atomic E-state index is 14.5. The van der Waals surface area contributed by atoms with Gasteiger partial charge in [-0.2, -0.15) is 0 Å². The Morgan fingerprint density at radius 1 is 1.17 bits per heavy atom. The van der Waals surface area contributed by atoms with E-state index < -0.39 is 34.6 Å². The number of amides is 1. The molecule has 0 aliphatic carbocycles. The van der Waals surface area contributed by atoms with Crippen LogP contribution in [0.15, 0.2) is 30.3 Å². The standard InChI is InChI=1S/C20H21F3IN3O2/c21-14-5-4-13(19(28)27-10-20(29,11-27)7-1-2-8-25)18(17(14)23)26-16-6-3-12(24)9-15(16)22/h3-6,9,26,29H,1-2,7-8,10-11,25H2. The predicted octanol–water partition coefficient (Wildman–Crippen LogP) is 3.77. The molecular formula is C20H21F3IN3O2. The van der Waals surface area contributed by atoms with Crippen LogP contribution in [0.2, 0.25) is 0 Å². The maximum Gasteiger partial charge on any atom is 0.256 e. The highest BCUT2D eigenvalue weighted by molar-refractivity contribution is 14.1. The predicted molar refractivity (Wildman–Crippen MR) is 113 cm³/mol. The zero-order valence-corrected chi connectivity index (χ0v) is 17.7. The topological polar surface area (TPSA) is 78.6 Å². The first-order valence-corrected chi connectivity index (χ1v) is 10.2. The van der Waals surface area contributed by atoms with Crippen LogP contribution in [0.3, 0.4) is 0 Å². The SMILES string of the molecule is NCCCCC1(O)CN(C(=O)c2ccc(F)c(F)c2Nc2ccc(I)cc2F)C1. The van der Waals surface area contributed by atoms with Crippen molar-refractivity contribution in [3.8, 4) is 0 Å². The fraction of sp³-hybridized carbons (Fsp3) is 0.350. The van der Waals surface area contributed by atoms with E-state index in [1.807, 2.05) is 22.6 Å². The average Bonchev–Trinajstić information content (AvgIpc) is 2.65. The Hall–Kier alpha value is -1.85. The molecule has 0 radical (unpaired) electrons. The van der Waals surface area contributed by atoms with Crippen LogP contribution in [0.5, 0.6) is 0 Å². The molecule has 0 bridgehead atoms. The van der Waals surface area contributed by atoms with Gasteiger partial charge in [-0.1, -0.05) is 0 Å². The Bertz CT molecular complexity index is 920. The van der Waals surface area contributed by atoms with Crippen molar-refractivity contribution in [2.45, 2.75) is 24.9 Å². The van der Waals surface area contributed by atoms with Gasteiger partial charge in [0, 0.05) is 3.57 Å². The van der Waals surface area contributed by atoms with Crippen LogP contribution < -0.4 is 11.1 Å². The van der Waals surface area contributed by atoms with Gasteiger partial charge in [-0.15, -0.1) is 0 Å². The number of nitrogens with zero attached hydrogens (tertiary/aromatic N) is 1. The van der Waals surface area contributed by atoms with Gasteiger partial charge in [0.05, 0.1) is 35.6 Å². The number of carbonyl (C=O) groups is 1. The highest BCUT2D eigenvalue weighted by atomic mass is 127. The van der Waals surface area contributed by atoms with E-state index in [2.05, 4.69) is 5.32 Å². The van der Waals surface area contributed by atoms with Gasteiger partial charge in [-0.25, -0.2) is 13.2 Å². The lowest BCUT2D eigenvalue weighted by molar-refractivity contribution is -0.0867. The summed E-state index contributed by atoms with van der Waals surface area (Å²) in [6.45, 7) is 0.706. The van der Waals surface area contributed by atoms with Crippen molar-refractivity contribution in [3.63, 3.8) is 0 Å². The lowest BCUT2D eigenvalue weighted by Crippen LogP contribution is -2.63. The third-order valence-corrected chi connectivity index (χ3v) is 5.54. The molecule has 5 nitrogen and oxygen atoms in total. The number of rotatable bonds is 7. The Labute approximate surface area is 180 Å². The fourth-order valence-corrected chi connectivity index (χ4v) is 3.76. The van der Waals surface area contributed by atoms with Crippen molar-refractivity contribution in [1.82, 2.24) is 4.90 Å². The lowest BCUT2D eigenvalue weighted by atomic mass is 9.87. The molecule has 1 heterocycles. The highest BCUT2D eigenvalue weighted by Crippen LogP contribution is 2.33. The number of carbonyl (C=O) groups excluding carboxylic acids is 1. The summed E-state index contributed by atoms with van der Waals surface area (Å²) in [5, 5.41) is 12.9. The molecule has 3 rings (SSSR count). The zero-order chi connectivity index (χ0) is 21.2. The quantitative estimate of drug-likeness (QED) is 0.385. The van der Waals surface area contributed by atoms with Crippen molar-refractivity contribution >= 4 is 39.9 Å². The molecule has 2 aromatic carbocycles. The molecular weight excluding hydrogens is 498 g/mol. The summed E-state index contributed by atoms with van der Waals surface area (Å²) in [4.78, 5) is 14.2. The van der Waals surface area contributed by atoms with E-state index in [1.54, 1.807) is 6.07 Å².